The lowest BCUT2D eigenvalue weighted by molar-refractivity contribution is -0.155. The molecule has 0 fully saturated rings. The number of alkyl carbamates (subject to hydrolysis) is 1. The largest absolute Gasteiger partial charge is 0.414 e. The fourth-order valence-corrected chi connectivity index (χ4v) is 9.53. The Morgan fingerprint density at radius 3 is 1.44 bits per heavy atom. The molecule has 24 nitrogen and oxygen atoms in total. The summed E-state index contributed by atoms with van der Waals surface area (Å²) in [5.41, 5.74) is 0. The Kier molecular flexibility index (Phi) is 34.6. The van der Waals surface area contributed by atoms with Crippen molar-refractivity contribution >= 4 is 65.2 Å². The second-order valence-corrected chi connectivity index (χ2v) is 25.0. The molecule has 0 aliphatic heterocycles. The molecule has 10 amide bonds. The number of nitrogens with zero attached hydrogens (tertiary/aromatic N) is 5. The van der Waals surface area contributed by atoms with Gasteiger partial charge in [0.1, 0.15) is 48.3 Å². The van der Waals surface area contributed by atoms with Gasteiger partial charge < -0.3 is 66.0 Å². The lowest BCUT2D eigenvalue weighted by atomic mass is 9.91. The van der Waals surface area contributed by atoms with Gasteiger partial charge in [-0.25, -0.2) is 9.59 Å². The molecule has 0 aromatic heterocycles. The molecule has 0 saturated heterocycles. The minimum absolute atomic E-state index is 0.0117. The van der Waals surface area contributed by atoms with Crippen LogP contribution in [0.2, 0.25) is 0 Å². The van der Waals surface area contributed by atoms with Crippen molar-refractivity contribution in [1.29, 1.82) is 0 Å². The SMILES string of the molecule is C/C=C/C[C@@H](C)[C@@H](O)[C@@H](C(=O)N[C@H](C(=O)N(C)CC(=O)N(C)[C@@H](CC(C)C)C(=O)N[C@@H](CC(C)C)C(=O)N(C)[C@@H](CC(C)C)C(=O)N[C@H](C)C(=O)OC(=O)NC)[C@@H](C)O)N(C)C(=O)[C@H](C(C)C)N(C)C(=O)[C@H](CC(C)C)NC(=O)CCC(C)C. The fraction of sp³-hybridized carbons (Fsp3) is 0.783. The number of aliphatic hydroxyl groups excluding tert-OH is 2. The predicted molar refractivity (Wildman–Crippen MR) is 321 cm³/mol. The van der Waals surface area contributed by atoms with E-state index in [1.165, 1.54) is 65.9 Å². The molecule has 0 radical (unpaired) electrons. The zero-order valence-electron chi connectivity index (χ0n) is 54.7. The number of amides is 10. The van der Waals surface area contributed by atoms with E-state index in [0.29, 0.717) is 6.42 Å². The van der Waals surface area contributed by atoms with Crippen LogP contribution in [-0.2, 0) is 52.7 Å². The number of ether oxygens (including phenoxy) is 1. The third-order valence-corrected chi connectivity index (χ3v) is 14.5. The third kappa shape index (κ3) is 25.6. The summed E-state index contributed by atoms with van der Waals surface area (Å²) in [7, 11) is 8.04. The highest BCUT2D eigenvalue weighted by Gasteiger charge is 2.44. The summed E-state index contributed by atoms with van der Waals surface area (Å²) in [5, 5.41) is 36.0. The van der Waals surface area contributed by atoms with Gasteiger partial charge in [0.25, 0.3) is 0 Å². The van der Waals surface area contributed by atoms with E-state index in [4.69, 9.17) is 0 Å². The van der Waals surface area contributed by atoms with Gasteiger partial charge in [-0.3, -0.25) is 43.2 Å². The van der Waals surface area contributed by atoms with Crippen LogP contribution < -0.4 is 26.6 Å². The minimum atomic E-state index is -1.73. The summed E-state index contributed by atoms with van der Waals surface area (Å²) in [5.74, 6) is -8.70. The second kappa shape index (κ2) is 37.3. The molecule has 482 valence electrons. The Morgan fingerprint density at radius 2 is 0.988 bits per heavy atom. The van der Waals surface area contributed by atoms with Crippen molar-refractivity contribution in [2.45, 2.75) is 216 Å². The van der Waals surface area contributed by atoms with Gasteiger partial charge in [0.2, 0.25) is 53.2 Å². The van der Waals surface area contributed by atoms with Gasteiger partial charge in [0.15, 0.2) is 0 Å². The van der Waals surface area contributed by atoms with Crippen LogP contribution in [0.3, 0.4) is 0 Å². The van der Waals surface area contributed by atoms with Crippen molar-refractivity contribution in [1.82, 2.24) is 51.1 Å². The van der Waals surface area contributed by atoms with Gasteiger partial charge in [0.05, 0.1) is 18.8 Å². The number of hydrogen-bond donors (Lipinski definition) is 7. The van der Waals surface area contributed by atoms with Crippen molar-refractivity contribution in [3.8, 4) is 0 Å². The Bertz CT molecular complexity index is 2220. The minimum Gasteiger partial charge on any atom is -0.391 e. The van der Waals surface area contributed by atoms with Gasteiger partial charge in [-0.1, -0.05) is 102 Å². The average Bonchev–Trinajstić information content (AvgIpc) is 3.53. The topological polar surface area (TPSA) is 314 Å². The number of esters is 1. The highest BCUT2D eigenvalue weighted by atomic mass is 16.6. The van der Waals surface area contributed by atoms with Gasteiger partial charge in [0, 0.05) is 48.7 Å². The van der Waals surface area contributed by atoms with Crippen molar-refractivity contribution in [2.24, 2.45) is 41.4 Å². The zero-order valence-corrected chi connectivity index (χ0v) is 54.7. The van der Waals surface area contributed by atoms with E-state index < -0.39 is 138 Å². The molecule has 7 N–H and O–H groups in total. The van der Waals surface area contributed by atoms with Crippen LogP contribution in [0, 0.1) is 41.4 Å². The lowest BCUT2D eigenvalue weighted by Crippen LogP contribution is -2.64. The molecule has 0 unspecified atom stereocenters. The molecule has 0 spiro atoms. The van der Waals surface area contributed by atoms with Crippen LogP contribution in [0.25, 0.3) is 0 Å². The third-order valence-electron chi connectivity index (χ3n) is 14.5. The van der Waals surface area contributed by atoms with Crippen LogP contribution >= 0.6 is 0 Å². The number of carbonyl (C=O) groups is 11. The normalized spacial score (nSPS) is 15.6. The van der Waals surface area contributed by atoms with Crippen LogP contribution in [0.4, 0.5) is 4.79 Å². The van der Waals surface area contributed by atoms with E-state index in [1.807, 2.05) is 69.2 Å². The Balaban J connectivity index is 7.02. The van der Waals surface area contributed by atoms with Gasteiger partial charge in [-0.2, -0.15) is 0 Å². The van der Waals surface area contributed by atoms with Crippen LogP contribution in [-0.4, -0.2) is 209 Å². The molecule has 0 rings (SSSR count). The molecule has 0 saturated carbocycles. The quantitative estimate of drug-likeness (QED) is 0.0273. The highest BCUT2D eigenvalue weighted by Crippen LogP contribution is 2.23. The number of likely N-dealkylation sites (N-methyl/N-ethyl adjacent to an activating group) is 5. The van der Waals surface area contributed by atoms with Crippen LogP contribution in [0.1, 0.15) is 156 Å². The number of aliphatic hydroxyl groups is 2. The molecule has 0 bridgehead atoms. The standard InChI is InChI=1S/C60H108N10O14/c1-23-24-25-39(14)51(74)50(70(22)58(81)49(38(12)13)69(21)56(79)42(28-34(4)5)63-46(72)27-26-33(2)3)54(77)65-48(41(16)71)57(80)66(18)32-47(73)67(19)44(30-36(8)9)53(76)64-43(29-35(6)7)55(78)68(20)45(31-37(10)11)52(75)62-40(15)59(82)84-60(83)61-17/h23-24,33-45,48-51,71,74H,25-32H2,1-22H3,(H,61,83)(H,62,75)(H,63,72)(H,64,76)(H,65,77)/b24-23+/t39-,40-,41-,42+,43+,44+,45+,48+,49+,50+,51-/m1/s1. The summed E-state index contributed by atoms with van der Waals surface area (Å²) in [6.07, 6.45) is 1.14. The van der Waals surface area contributed by atoms with E-state index in [-0.39, 0.29) is 74.0 Å². The first kappa shape index (κ1) is 77.8. The maximum absolute atomic E-state index is 14.8. The zero-order chi connectivity index (χ0) is 65.4. The molecule has 84 heavy (non-hydrogen) atoms. The highest BCUT2D eigenvalue weighted by molar-refractivity contribution is 5.98. The van der Waals surface area contributed by atoms with Gasteiger partial charge >= 0.3 is 12.1 Å². The van der Waals surface area contributed by atoms with E-state index in [9.17, 15) is 63.0 Å². The average molecular weight is 1190 g/mol. The van der Waals surface area contributed by atoms with E-state index in [1.54, 1.807) is 39.8 Å². The van der Waals surface area contributed by atoms with Crippen LogP contribution in [0.15, 0.2) is 12.2 Å². The first-order valence-corrected chi connectivity index (χ1v) is 29.7. The first-order valence-electron chi connectivity index (χ1n) is 29.7. The number of carbonyl (C=O) groups excluding carboxylic acids is 11. The van der Waals surface area contributed by atoms with Gasteiger partial charge in [-0.05, 0) is 101 Å². The summed E-state index contributed by atoms with van der Waals surface area (Å²) in [4.78, 5) is 158. The molecule has 11 atom stereocenters. The van der Waals surface area contributed by atoms with Gasteiger partial charge in [-0.15, -0.1) is 0 Å². The molecule has 24 heteroatoms. The van der Waals surface area contributed by atoms with Crippen molar-refractivity contribution in [2.75, 3.05) is 48.8 Å². The molecule has 0 aliphatic carbocycles. The number of rotatable bonds is 35. The van der Waals surface area contributed by atoms with Crippen molar-refractivity contribution in [3.05, 3.63) is 12.2 Å². The monoisotopic (exact) mass is 1190 g/mol. The molecular weight excluding hydrogens is 1080 g/mol. The Labute approximate surface area is 501 Å². The van der Waals surface area contributed by atoms with E-state index >= 15 is 0 Å². The Morgan fingerprint density at radius 1 is 0.524 bits per heavy atom. The fourth-order valence-electron chi connectivity index (χ4n) is 9.53. The second-order valence-electron chi connectivity index (χ2n) is 25.0. The summed E-state index contributed by atoms with van der Waals surface area (Å²) in [6.45, 7) is 27.6. The Hall–Kier alpha value is -6.17. The van der Waals surface area contributed by atoms with Crippen molar-refractivity contribution in [3.63, 3.8) is 0 Å². The summed E-state index contributed by atoms with van der Waals surface area (Å²) in [6, 6.07) is -10.4. The lowest BCUT2D eigenvalue weighted by Gasteiger charge is -2.40. The maximum Gasteiger partial charge on any atom is 0.414 e. The first-order chi connectivity index (χ1) is 38.8. The maximum atomic E-state index is 14.8. The number of allylic oxidation sites excluding steroid dienone is 2. The van der Waals surface area contributed by atoms with Crippen molar-refractivity contribution < 1.29 is 67.7 Å². The summed E-state index contributed by atoms with van der Waals surface area (Å²) < 4.78 is 4.66. The number of hydrogen-bond acceptors (Lipinski definition) is 14. The predicted octanol–water partition coefficient (Wildman–Crippen LogP) is 3.22. The molecule has 0 aliphatic rings. The molecule has 0 aromatic rings. The summed E-state index contributed by atoms with van der Waals surface area (Å²) >= 11 is 0. The van der Waals surface area contributed by atoms with Crippen LogP contribution in [0.5, 0.6) is 0 Å². The number of nitrogens with one attached hydrogen (secondary N) is 5. The van der Waals surface area contributed by atoms with E-state index in [0.717, 1.165) is 14.7 Å². The molecule has 0 heterocycles. The molecular formula is C60H108N10O14. The van der Waals surface area contributed by atoms with E-state index in [2.05, 4.69) is 31.3 Å². The molecule has 0 aromatic carbocycles. The smallest absolute Gasteiger partial charge is 0.391 e.